The molecule has 0 spiro atoms. The molecule has 0 fully saturated rings. The van der Waals surface area contributed by atoms with Crippen molar-refractivity contribution in [3.63, 3.8) is 0 Å². The normalized spacial score (nSPS) is 10.4. The van der Waals surface area contributed by atoms with E-state index in [0.717, 1.165) is 11.1 Å². The van der Waals surface area contributed by atoms with Gasteiger partial charge in [0.05, 0.1) is 17.3 Å². The molecule has 0 saturated carbocycles. The molecular formula is C22H21ClN2O3. The van der Waals surface area contributed by atoms with Crippen molar-refractivity contribution in [1.29, 1.82) is 0 Å². The number of hydrogen-bond acceptors (Lipinski definition) is 4. The fourth-order valence-electron chi connectivity index (χ4n) is 2.59. The summed E-state index contributed by atoms with van der Waals surface area (Å²) in [5.41, 5.74) is 3.04. The highest BCUT2D eigenvalue weighted by atomic mass is 35.5. The number of aromatic nitrogens is 1. The Morgan fingerprint density at radius 1 is 1.04 bits per heavy atom. The lowest BCUT2D eigenvalue weighted by molar-refractivity contribution is 0.102. The number of rotatable bonds is 7. The van der Waals surface area contributed by atoms with Crippen molar-refractivity contribution in [3.8, 4) is 11.5 Å². The van der Waals surface area contributed by atoms with Crippen LogP contribution in [0.4, 0.5) is 5.69 Å². The second-order valence-corrected chi connectivity index (χ2v) is 6.58. The van der Waals surface area contributed by atoms with Gasteiger partial charge in [0.2, 0.25) is 0 Å². The molecule has 1 amide bonds. The second-order valence-electron chi connectivity index (χ2n) is 6.18. The van der Waals surface area contributed by atoms with Gasteiger partial charge in [-0.25, -0.2) is 0 Å². The summed E-state index contributed by atoms with van der Waals surface area (Å²) in [5.74, 6) is 0.815. The molecule has 1 N–H and O–H groups in total. The SMILES string of the molecule is CCOc1cc(C(=O)Nc2ccc(C)cc2Cl)ccc1OCc1ccncc1. The van der Waals surface area contributed by atoms with Crippen molar-refractivity contribution in [3.05, 3.63) is 82.6 Å². The number of ether oxygens (including phenoxy) is 2. The highest BCUT2D eigenvalue weighted by molar-refractivity contribution is 6.34. The molecule has 0 aliphatic rings. The third kappa shape index (κ3) is 5.02. The van der Waals surface area contributed by atoms with Gasteiger partial charge in [-0.2, -0.15) is 0 Å². The summed E-state index contributed by atoms with van der Waals surface area (Å²) in [4.78, 5) is 16.6. The molecule has 5 nitrogen and oxygen atoms in total. The lowest BCUT2D eigenvalue weighted by Gasteiger charge is -2.14. The molecule has 0 atom stereocenters. The van der Waals surface area contributed by atoms with Crippen LogP contribution in [-0.2, 0) is 6.61 Å². The minimum absolute atomic E-state index is 0.271. The summed E-state index contributed by atoms with van der Waals surface area (Å²) in [5, 5.41) is 3.32. The molecule has 1 heterocycles. The number of nitrogens with one attached hydrogen (secondary N) is 1. The zero-order valence-corrected chi connectivity index (χ0v) is 16.5. The Labute approximate surface area is 169 Å². The standard InChI is InChI=1S/C22H21ClN2O3/c1-3-27-21-13-17(22(26)25-19-6-4-15(2)12-18(19)23)5-7-20(21)28-14-16-8-10-24-11-9-16/h4-13H,3,14H2,1-2H3,(H,25,26). The molecule has 3 rings (SSSR count). The van der Waals surface area contributed by atoms with Crippen LogP contribution in [0.2, 0.25) is 5.02 Å². The molecule has 1 aromatic heterocycles. The second kappa shape index (κ2) is 9.24. The zero-order chi connectivity index (χ0) is 19.9. The van der Waals surface area contributed by atoms with Gasteiger partial charge in [-0.3, -0.25) is 9.78 Å². The monoisotopic (exact) mass is 396 g/mol. The third-order valence-electron chi connectivity index (χ3n) is 4.02. The minimum Gasteiger partial charge on any atom is -0.490 e. The number of carbonyl (C=O) groups is 1. The van der Waals surface area contributed by atoms with Crippen LogP contribution in [-0.4, -0.2) is 17.5 Å². The van der Waals surface area contributed by atoms with E-state index in [0.29, 0.717) is 41.0 Å². The number of anilines is 1. The van der Waals surface area contributed by atoms with Gasteiger partial charge in [-0.15, -0.1) is 0 Å². The number of aryl methyl sites for hydroxylation is 1. The van der Waals surface area contributed by atoms with Crippen LogP contribution in [0.1, 0.15) is 28.4 Å². The highest BCUT2D eigenvalue weighted by Crippen LogP contribution is 2.30. The van der Waals surface area contributed by atoms with E-state index in [2.05, 4.69) is 10.3 Å². The Kier molecular flexibility index (Phi) is 6.50. The number of halogens is 1. The van der Waals surface area contributed by atoms with Crippen LogP contribution < -0.4 is 14.8 Å². The van der Waals surface area contributed by atoms with Gasteiger partial charge in [0, 0.05) is 18.0 Å². The lowest BCUT2D eigenvalue weighted by atomic mass is 10.1. The summed E-state index contributed by atoms with van der Waals surface area (Å²) in [6.45, 7) is 4.66. The molecular weight excluding hydrogens is 376 g/mol. The molecule has 0 bridgehead atoms. The minimum atomic E-state index is -0.271. The first-order valence-electron chi connectivity index (χ1n) is 8.93. The number of nitrogens with zero attached hydrogens (tertiary/aromatic N) is 1. The van der Waals surface area contributed by atoms with Gasteiger partial charge < -0.3 is 14.8 Å². The van der Waals surface area contributed by atoms with E-state index in [4.69, 9.17) is 21.1 Å². The fraction of sp³-hybridized carbons (Fsp3) is 0.182. The van der Waals surface area contributed by atoms with Crippen LogP contribution >= 0.6 is 11.6 Å². The highest BCUT2D eigenvalue weighted by Gasteiger charge is 2.13. The van der Waals surface area contributed by atoms with Crippen molar-refractivity contribution in [1.82, 2.24) is 4.98 Å². The van der Waals surface area contributed by atoms with Gasteiger partial charge in [0.1, 0.15) is 6.61 Å². The summed E-state index contributed by atoms with van der Waals surface area (Å²) in [6, 6.07) is 14.3. The first-order valence-corrected chi connectivity index (χ1v) is 9.30. The predicted molar refractivity (Wildman–Crippen MR) is 110 cm³/mol. The summed E-state index contributed by atoms with van der Waals surface area (Å²) >= 11 is 6.20. The van der Waals surface area contributed by atoms with Crippen LogP contribution in [0.15, 0.2) is 60.9 Å². The Morgan fingerprint density at radius 3 is 2.54 bits per heavy atom. The molecule has 3 aromatic rings. The Hall–Kier alpha value is -3.05. The Bertz CT molecular complexity index is 961. The van der Waals surface area contributed by atoms with E-state index in [9.17, 15) is 4.79 Å². The molecule has 0 saturated heterocycles. The Morgan fingerprint density at radius 2 is 1.82 bits per heavy atom. The largest absolute Gasteiger partial charge is 0.490 e. The molecule has 144 valence electrons. The molecule has 6 heteroatoms. The van der Waals surface area contributed by atoms with Gasteiger partial charge in [0.15, 0.2) is 11.5 Å². The molecule has 0 aliphatic carbocycles. The maximum atomic E-state index is 12.6. The van der Waals surface area contributed by atoms with Crippen LogP contribution in [0.5, 0.6) is 11.5 Å². The predicted octanol–water partition coefficient (Wildman–Crippen LogP) is 5.27. The fourth-order valence-corrected chi connectivity index (χ4v) is 2.88. The maximum Gasteiger partial charge on any atom is 0.255 e. The average Bonchev–Trinajstić information content (AvgIpc) is 2.70. The van der Waals surface area contributed by atoms with Crippen molar-refractivity contribution < 1.29 is 14.3 Å². The van der Waals surface area contributed by atoms with E-state index in [1.807, 2.05) is 32.0 Å². The van der Waals surface area contributed by atoms with Crippen LogP contribution in [0, 0.1) is 6.92 Å². The van der Waals surface area contributed by atoms with E-state index < -0.39 is 0 Å². The maximum absolute atomic E-state index is 12.6. The van der Waals surface area contributed by atoms with E-state index >= 15 is 0 Å². The number of amides is 1. The first-order chi connectivity index (χ1) is 13.6. The van der Waals surface area contributed by atoms with Gasteiger partial charge in [-0.05, 0) is 67.4 Å². The van der Waals surface area contributed by atoms with Crippen LogP contribution in [0.25, 0.3) is 0 Å². The van der Waals surface area contributed by atoms with Gasteiger partial charge in [-0.1, -0.05) is 17.7 Å². The first kappa shape index (κ1) is 19.7. The van der Waals surface area contributed by atoms with Crippen LogP contribution in [0.3, 0.4) is 0 Å². The van der Waals surface area contributed by atoms with Gasteiger partial charge >= 0.3 is 0 Å². The summed E-state index contributed by atoms with van der Waals surface area (Å²) < 4.78 is 11.5. The van der Waals surface area contributed by atoms with Crippen molar-refractivity contribution in [2.24, 2.45) is 0 Å². The quantitative estimate of drug-likeness (QED) is 0.590. The summed E-state index contributed by atoms with van der Waals surface area (Å²) in [7, 11) is 0. The topological polar surface area (TPSA) is 60.5 Å². The van der Waals surface area contributed by atoms with Crippen molar-refractivity contribution in [2.75, 3.05) is 11.9 Å². The Balaban J connectivity index is 1.76. The molecule has 2 aromatic carbocycles. The van der Waals surface area contributed by atoms with Crippen molar-refractivity contribution >= 4 is 23.2 Å². The third-order valence-corrected chi connectivity index (χ3v) is 4.33. The van der Waals surface area contributed by atoms with E-state index in [1.165, 1.54) is 0 Å². The summed E-state index contributed by atoms with van der Waals surface area (Å²) in [6.07, 6.45) is 3.43. The smallest absolute Gasteiger partial charge is 0.255 e. The number of pyridine rings is 1. The average molecular weight is 397 g/mol. The lowest BCUT2D eigenvalue weighted by Crippen LogP contribution is -2.12. The number of benzene rings is 2. The van der Waals surface area contributed by atoms with E-state index in [1.54, 1.807) is 42.7 Å². The molecule has 0 unspecified atom stereocenters. The molecule has 28 heavy (non-hydrogen) atoms. The number of hydrogen-bond donors (Lipinski definition) is 1. The molecule has 0 aliphatic heterocycles. The van der Waals surface area contributed by atoms with E-state index in [-0.39, 0.29) is 5.91 Å². The number of carbonyl (C=O) groups excluding carboxylic acids is 1. The van der Waals surface area contributed by atoms with Gasteiger partial charge in [0.25, 0.3) is 5.91 Å². The zero-order valence-electron chi connectivity index (χ0n) is 15.7. The van der Waals surface area contributed by atoms with Crippen molar-refractivity contribution in [2.45, 2.75) is 20.5 Å². The molecule has 0 radical (unpaired) electrons.